The van der Waals surface area contributed by atoms with Gasteiger partial charge in [0.1, 0.15) is 16.9 Å². The number of hydrogen-bond donors (Lipinski definition) is 0. The lowest BCUT2D eigenvalue weighted by Gasteiger charge is -2.29. The number of carbonyl (C=O) groups is 1. The lowest BCUT2D eigenvalue weighted by Crippen LogP contribution is -2.39. The van der Waals surface area contributed by atoms with Crippen LogP contribution in [0.15, 0.2) is 64.0 Å². The predicted molar refractivity (Wildman–Crippen MR) is 121 cm³/mol. The maximum atomic E-state index is 13.4. The standard InChI is InChI=1S/C24H24N2O5S/c1-24(2,3)31-23(27)25-12-11-22-19(15-25)18-14-17(8-9-21(18)30-22)32(28,29)26-13-10-16-6-4-5-7-20(16)26/h4-10,13-14H,11-12,15H2,1-3H3. The zero-order chi connectivity index (χ0) is 22.7. The lowest BCUT2D eigenvalue weighted by atomic mass is 10.1. The van der Waals surface area contributed by atoms with E-state index in [1.54, 1.807) is 41.4 Å². The number of rotatable bonds is 2. The van der Waals surface area contributed by atoms with Crippen LogP contribution in [0.3, 0.4) is 0 Å². The van der Waals surface area contributed by atoms with Crippen LogP contribution in [0.1, 0.15) is 32.1 Å². The molecule has 1 amide bonds. The number of aromatic nitrogens is 1. The van der Waals surface area contributed by atoms with Crippen molar-refractivity contribution in [1.82, 2.24) is 8.87 Å². The van der Waals surface area contributed by atoms with Gasteiger partial charge in [0, 0.05) is 35.5 Å². The average molecular weight is 453 g/mol. The Morgan fingerprint density at radius 1 is 1.09 bits per heavy atom. The van der Waals surface area contributed by atoms with E-state index in [4.69, 9.17) is 9.15 Å². The molecule has 0 saturated carbocycles. The van der Waals surface area contributed by atoms with Crippen LogP contribution in [-0.2, 0) is 27.7 Å². The van der Waals surface area contributed by atoms with Crippen LogP contribution in [0.4, 0.5) is 4.79 Å². The maximum absolute atomic E-state index is 13.4. The van der Waals surface area contributed by atoms with Gasteiger partial charge in [0.2, 0.25) is 0 Å². The van der Waals surface area contributed by atoms with E-state index < -0.39 is 15.6 Å². The van der Waals surface area contributed by atoms with Crippen molar-refractivity contribution in [2.45, 2.75) is 44.2 Å². The molecule has 0 spiro atoms. The molecule has 0 saturated heterocycles. The van der Waals surface area contributed by atoms with Gasteiger partial charge >= 0.3 is 6.09 Å². The fourth-order valence-electron chi connectivity index (χ4n) is 4.08. The number of hydrogen-bond acceptors (Lipinski definition) is 5. The quantitative estimate of drug-likeness (QED) is 0.431. The monoisotopic (exact) mass is 452 g/mol. The number of benzene rings is 2. The van der Waals surface area contributed by atoms with Gasteiger partial charge in [-0.15, -0.1) is 0 Å². The fraction of sp³-hybridized carbons (Fsp3) is 0.292. The van der Waals surface area contributed by atoms with Crippen molar-refractivity contribution < 1.29 is 22.4 Å². The molecular weight excluding hydrogens is 428 g/mol. The molecule has 7 nitrogen and oxygen atoms in total. The molecule has 0 unspecified atom stereocenters. The smallest absolute Gasteiger partial charge is 0.410 e. The van der Waals surface area contributed by atoms with Crippen molar-refractivity contribution in [1.29, 1.82) is 0 Å². The second-order valence-corrected chi connectivity index (χ2v) is 10.8. The number of amides is 1. The van der Waals surface area contributed by atoms with E-state index in [1.807, 2.05) is 39.0 Å². The first kappa shape index (κ1) is 20.6. The van der Waals surface area contributed by atoms with Gasteiger partial charge in [0.15, 0.2) is 0 Å². The molecule has 3 heterocycles. The lowest BCUT2D eigenvalue weighted by molar-refractivity contribution is 0.0220. The summed E-state index contributed by atoms with van der Waals surface area (Å²) in [6, 6.07) is 14.0. The summed E-state index contributed by atoms with van der Waals surface area (Å²) in [7, 11) is -3.80. The summed E-state index contributed by atoms with van der Waals surface area (Å²) in [6.07, 6.45) is 1.73. The third kappa shape index (κ3) is 3.44. The Bertz CT molecular complexity index is 1460. The molecule has 4 aromatic rings. The van der Waals surface area contributed by atoms with Crippen LogP contribution < -0.4 is 0 Å². The van der Waals surface area contributed by atoms with E-state index in [0.717, 1.165) is 16.7 Å². The molecule has 1 aliphatic rings. The largest absolute Gasteiger partial charge is 0.461 e. The molecule has 166 valence electrons. The molecule has 0 N–H and O–H groups in total. The third-order valence-electron chi connectivity index (χ3n) is 5.58. The number of para-hydroxylation sites is 1. The molecule has 8 heteroatoms. The Morgan fingerprint density at radius 2 is 1.88 bits per heavy atom. The molecule has 2 aromatic heterocycles. The first-order chi connectivity index (χ1) is 15.1. The van der Waals surface area contributed by atoms with Crippen molar-refractivity contribution in [3.05, 3.63) is 66.1 Å². The van der Waals surface area contributed by atoms with Gasteiger partial charge in [-0.05, 0) is 51.1 Å². The van der Waals surface area contributed by atoms with E-state index in [1.165, 1.54) is 3.97 Å². The minimum absolute atomic E-state index is 0.171. The first-order valence-electron chi connectivity index (χ1n) is 10.5. The summed E-state index contributed by atoms with van der Waals surface area (Å²) in [5, 5.41) is 1.55. The minimum atomic E-state index is -3.80. The van der Waals surface area contributed by atoms with Crippen LogP contribution in [-0.4, -0.2) is 35.5 Å². The van der Waals surface area contributed by atoms with Gasteiger partial charge < -0.3 is 14.1 Å². The normalized spacial score (nSPS) is 14.7. The highest BCUT2D eigenvalue weighted by atomic mass is 32.2. The Morgan fingerprint density at radius 3 is 2.66 bits per heavy atom. The Labute approximate surface area is 186 Å². The van der Waals surface area contributed by atoms with E-state index in [9.17, 15) is 13.2 Å². The van der Waals surface area contributed by atoms with E-state index in [-0.39, 0.29) is 11.0 Å². The molecule has 5 rings (SSSR count). The fourth-order valence-corrected chi connectivity index (χ4v) is 5.46. The van der Waals surface area contributed by atoms with E-state index in [0.29, 0.717) is 36.0 Å². The minimum Gasteiger partial charge on any atom is -0.461 e. The maximum Gasteiger partial charge on any atom is 0.410 e. The highest BCUT2D eigenvalue weighted by Gasteiger charge is 2.30. The number of nitrogens with zero attached hydrogens (tertiary/aromatic N) is 2. The number of ether oxygens (including phenoxy) is 1. The highest BCUT2D eigenvalue weighted by Crippen LogP contribution is 2.33. The third-order valence-corrected chi connectivity index (χ3v) is 7.26. The van der Waals surface area contributed by atoms with Crippen LogP contribution in [0, 0.1) is 0 Å². The van der Waals surface area contributed by atoms with Crippen LogP contribution in [0.25, 0.3) is 21.9 Å². The Hall–Kier alpha value is -3.26. The molecular formula is C24H24N2O5S. The zero-order valence-corrected chi connectivity index (χ0v) is 19.0. The van der Waals surface area contributed by atoms with Crippen molar-refractivity contribution in [2.75, 3.05) is 6.54 Å². The summed E-state index contributed by atoms with van der Waals surface area (Å²) < 4.78 is 39.6. The number of fused-ring (bicyclic) bond motifs is 4. The van der Waals surface area contributed by atoms with E-state index in [2.05, 4.69) is 0 Å². The second kappa shape index (κ2) is 7.13. The molecule has 0 fully saturated rings. The topological polar surface area (TPSA) is 81.8 Å². The molecule has 0 radical (unpaired) electrons. The summed E-state index contributed by atoms with van der Waals surface area (Å²) in [6.45, 7) is 6.29. The molecule has 32 heavy (non-hydrogen) atoms. The summed E-state index contributed by atoms with van der Waals surface area (Å²) in [5.74, 6) is 0.778. The van der Waals surface area contributed by atoms with Crippen molar-refractivity contribution in [3.8, 4) is 0 Å². The summed E-state index contributed by atoms with van der Waals surface area (Å²) in [5.41, 5.74) is 1.47. The molecule has 0 aliphatic carbocycles. The molecule has 0 bridgehead atoms. The van der Waals surface area contributed by atoms with Gasteiger partial charge in [-0.2, -0.15) is 0 Å². The average Bonchev–Trinajstić information content (AvgIpc) is 3.33. The van der Waals surface area contributed by atoms with Gasteiger partial charge in [0.05, 0.1) is 17.0 Å². The van der Waals surface area contributed by atoms with Gasteiger partial charge in [-0.1, -0.05) is 18.2 Å². The second-order valence-electron chi connectivity index (χ2n) is 8.99. The van der Waals surface area contributed by atoms with Crippen molar-refractivity contribution >= 4 is 38.0 Å². The van der Waals surface area contributed by atoms with Crippen molar-refractivity contribution in [3.63, 3.8) is 0 Å². The Kier molecular flexibility index (Phi) is 4.60. The zero-order valence-electron chi connectivity index (χ0n) is 18.2. The van der Waals surface area contributed by atoms with Crippen LogP contribution in [0.2, 0.25) is 0 Å². The molecule has 2 aromatic carbocycles. The van der Waals surface area contributed by atoms with Crippen LogP contribution in [0.5, 0.6) is 0 Å². The summed E-state index contributed by atoms with van der Waals surface area (Å²) >= 11 is 0. The van der Waals surface area contributed by atoms with E-state index >= 15 is 0 Å². The SMILES string of the molecule is CC(C)(C)OC(=O)N1CCc2oc3ccc(S(=O)(=O)n4ccc5ccccc54)cc3c2C1. The van der Waals surface area contributed by atoms with Crippen molar-refractivity contribution in [2.24, 2.45) is 0 Å². The highest BCUT2D eigenvalue weighted by molar-refractivity contribution is 7.90. The number of carbonyl (C=O) groups excluding carboxylic acids is 1. The Balaban J connectivity index is 1.54. The molecule has 1 aliphatic heterocycles. The molecule has 0 atom stereocenters. The number of furan rings is 1. The van der Waals surface area contributed by atoms with Gasteiger partial charge in [-0.25, -0.2) is 17.2 Å². The van der Waals surface area contributed by atoms with Crippen LogP contribution >= 0.6 is 0 Å². The first-order valence-corrected chi connectivity index (χ1v) is 11.9. The van der Waals surface area contributed by atoms with Gasteiger partial charge in [0.25, 0.3) is 10.0 Å². The predicted octanol–water partition coefficient (Wildman–Crippen LogP) is 4.92. The van der Waals surface area contributed by atoms with Gasteiger partial charge in [-0.3, -0.25) is 0 Å². The summed E-state index contributed by atoms with van der Waals surface area (Å²) in [4.78, 5) is 14.4.